The van der Waals surface area contributed by atoms with Crippen molar-refractivity contribution in [2.24, 2.45) is 10.9 Å². The minimum absolute atomic E-state index is 0.609. The largest absolute Gasteiger partial charge is 0.384 e. The first-order valence-electron chi connectivity index (χ1n) is 8.35. The number of benzene rings is 1. The highest BCUT2D eigenvalue weighted by molar-refractivity contribution is 5.80. The number of aliphatic imine (C=N–C) groups is 1. The van der Waals surface area contributed by atoms with Crippen LogP contribution >= 0.6 is 0 Å². The summed E-state index contributed by atoms with van der Waals surface area (Å²) >= 11 is 0. The number of methoxy groups -OCH3 is 2. The second-order valence-electron chi connectivity index (χ2n) is 5.98. The van der Waals surface area contributed by atoms with Gasteiger partial charge in [0.1, 0.15) is 0 Å². The number of rotatable bonds is 7. The Kier molecular flexibility index (Phi) is 7.36. The third-order valence-electron chi connectivity index (χ3n) is 4.07. The quantitative estimate of drug-likeness (QED) is 0.618. The monoisotopic (exact) mass is 319 g/mol. The van der Waals surface area contributed by atoms with E-state index >= 15 is 0 Å². The van der Waals surface area contributed by atoms with Gasteiger partial charge in [0.25, 0.3) is 0 Å². The normalized spacial score (nSPS) is 18.5. The maximum absolute atomic E-state index is 5.28. The Balaban J connectivity index is 1.95. The Morgan fingerprint density at radius 3 is 2.61 bits per heavy atom. The maximum atomic E-state index is 5.28. The summed E-state index contributed by atoms with van der Waals surface area (Å²) in [4.78, 5) is 7.14. The van der Waals surface area contributed by atoms with Crippen molar-refractivity contribution in [2.45, 2.75) is 26.5 Å². The van der Waals surface area contributed by atoms with Gasteiger partial charge in [0.2, 0.25) is 0 Å². The van der Waals surface area contributed by atoms with Crippen LogP contribution in [0.1, 0.15) is 24.5 Å². The van der Waals surface area contributed by atoms with E-state index in [4.69, 9.17) is 14.5 Å². The van der Waals surface area contributed by atoms with Gasteiger partial charge in [-0.25, -0.2) is 4.99 Å². The van der Waals surface area contributed by atoms with E-state index in [1.165, 1.54) is 17.5 Å². The predicted molar refractivity (Wildman–Crippen MR) is 93.5 cm³/mol. The molecule has 1 aromatic rings. The smallest absolute Gasteiger partial charge is 0.194 e. The fourth-order valence-corrected chi connectivity index (χ4v) is 2.90. The summed E-state index contributed by atoms with van der Waals surface area (Å²) in [5.74, 6) is 1.62. The minimum atomic E-state index is 0.609. The maximum Gasteiger partial charge on any atom is 0.194 e. The van der Waals surface area contributed by atoms with Crippen molar-refractivity contribution in [1.29, 1.82) is 0 Å². The predicted octanol–water partition coefficient (Wildman–Crippen LogP) is 2.27. The van der Waals surface area contributed by atoms with Crippen LogP contribution in [0.5, 0.6) is 0 Å². The zero-order valence-electron chi connectivity index (χ0n) is 14.5. The molecule has 0 spiro atoms. The molecule has 1 aliphatic rings. The molecule has 1 heterocycles. The van der Waals surface area contributed by atoms with Crippen molar-refractivity contribution in [2.75, 3.05) is 40.5 Å². The molecule has 2 rings (SSSR count). The first kappa shape index (κ1) is 17.8. The number of hydrogen-bond donors (Lipinski definition) is 1. The van der Waals surface area contributed by atoms with Crippen LogP contribution in [0.25, 0.3) is 0 Å². The molecule has 1 saturated heterocycles. The Morgan fingerprint density at radius 2 is 1.96 bits per heavy atom. The molecule has 0 bridgehead atoms. The lowest BCUT2D eigenvalue weighted by Crippen LogP contribution is -2.40. The van der Waals surface area contributed by atoms with Crippen molar-refractivity contribution in [1.82, 2.24) is 10.2 Å². The van der Waals surface area contributed by atoms with Gasteiger partial charge in [-0.3, -0.25) is 0 Å². The standard InChI is InChI=1S/C18H29N3O2/c1-4-19-18(21-10-9-17(12-21)14-23-3)20-11-15-5-7-16(8-6-15)13-22-2/h5-8,17H,4,9-14H2,1-3H3,(H,19,20). The molecule has 1 N–H and O–H groups in total. The molecule has 0 amide bonds. The van der Waals surface area contributed by atoms with Gasteiger partial charge in [0, 0.05) is 39.8 Å². The summed E-state index contributed by atoms with van der Waals surface area (Å²) in [6.45, 7) is 7.24. The molecule has 0 saturated carbocycles. The van der Waals surface area contributed by atoms with Crippen LogP contribution in [-0.2, 0) is 22.6 Å². The highest BCUT2D eigenvalue weighted by Gasteiger charge is 2.24. The number of guanidine groups is 1. The van der Waals surface area contributed by atoms with Gasteiger partial charge in [0.15, 0.2) is 5.96 Å². The molecule has 5 heteroatoms. The zero-order valence-corrected chi connectivity index (χ0v) is 14.5. The number of likely N-dealkylation sites (tertiary alicyclic amines) is 1. The van der Waals surface area contributed by atoms with E-state index in [2.05, 4.69) is 41.4 Å². The molecule has 1 atom stereocenters. The lowest BCUT2D eigenvalue weighted by molar-refractivity contribution is 0.157. The number of nitrogens with one attached hydrogen (secondary N) is 1. The van der Waals surface area contributed by atoms with E-state index in [0.29, 0.717) is 19.1 Å². The lowest BCUT2D eigenvalue weighted by atomic mass is 10.1. The molecule has 5 nitrogen and oxygen atoms in total. The summed E-state index contributed by atoms with van der Waals surface area (Å²) < 4.78 is 10.4. The van der Waals surface area contributed by atoms with E-state index < -0.39 is 0 Å². The summed E-state index contributed by atoms with van der Waals surface area (Å²) in [7, 11) is 3.49. The molecular formula is C18H29N3O2. The molecular weight excluding hydrogens is 290 g/mol. The van der Waals surface area contributed by atoms with Gasteiger partial charge < -0.3 is 19.7 Å². The van der Waals surface area contributed by atoms with Crippen molar-refractivity contribution in [3.8, 4) is 0 Å². The highest BCUT2D eigenvalue weighted by atomic mass is 16.5. The average Bonchev–Trinajstić information content (AvgIpc) is 3.02. The first-order chi connectivity index (χ1) is 11.3. The molecule has 1 fully saturated rings. The van der Waals surface area contributed by atoms with E-state index in [9.17, 15) is 0 Å². The summed E-state index contributed by atoms with van der Waals surface area (Å²) in [5.41, 5.74) is 2.40. The Morgan fingerprint density at radius 1 is 1.22 bits per heavy atom. The molecule has 0 aliphatic carbocycles. The van der Waals surface area contributed by atoms with Crippen LogP contribution in [0.15, 0.2) is 29.3 Å². The number of nitrogens with zero attached hydrogens (tertiary/aromatic N) is 2. The fraction of sp³-hybridized carbons (Fsp3) is 0.611. The van der Waals surface area contributed by atoms with Gasteiger partial charge in [-0.2, -0.15) is 0 Å². The molecule has 1 aromatic carbocycles. The molecule has 23 heavy (non-hydrogen) atoms. The van der Waals surface area contributed by atoms with Crippen LogP contribution in [-0.4, -0.2) is 51.3 Å². The molecule has 1 aliphatic heterocycles. The van der Waals surface area contributed by atoms with Crippen molar-refractivity contribution >= 4 is 5.96 Å². The topological polar surface area (TPSA) is 46.1 Å². The van der Waals surface area contributed by atoms with Crippen LogP contribution in [0, 0.1) is 5.92 Å². The van der Waals surface area contributed by atoms with Crippen LogP contribution in [0.2, 0.25) is 0 Å². The Hall–Kier alpha value is -1.59. The van der Waals surface area contributed by atoms with Gasteiger partial charge in [0.05, 0.1) is 19.8 Å². The van der Waals surface area contributed by atoms with Crippen LogP contribution in [0.4, 0.5) is 0 Å². The van der Waals surface area contributed by atoms with E-state index in [-0.39, 0.29) is 0 Å². The second kappa shape index (κ2) is 9.53. The van der Waals surface area contributed by atoms with Gasteiger partial charge in [-0.1, -0.05) is 24.3 Å². The highest BCUT2D eigenvalue weighted by Crippen LogP contribution is 2.16. The first-order valence-corrected chi connectivity index (χ1v) is 8.35. The van der Waals surface area contributed by atoms with Gasteiger partial charge in [-0.05, 0) is 24.5 Å². The minimum Gasteiger partial charge on any atom is -0.384 e. The third kappa shape index (κ3) is 5.52. The third-order valence-corrected chi connectivity index (χ3v) is 4.07. The SMILES string of the molecule is CCNC(=NCc1ccc(COC)cc1)N1CCC(COC)C1. The number of ether oxygens (including phenoxy) is 2. The van der Waals surface area contributed by atoms with Crippen LogP contribution in [0.3, 0.4) is 0 Å². The van der Waals surface area contributed by atoms with Crippen molar-refractivity contribution in [3.63, 3.8) is 0 Å². The van der Waals surface area contributed by atoms with Gasteiger partial charge in [-0.15, -0.1) is 0 Å². The lowest BCUT2D eigenvalue weighted by Gasteiger charge is -2.21. The van der Waals surface area contributed by atoms with Crippen molar-refractivity contribution < 1.29 is 9.47 Å². The molecule has 0 aromatic heterocycles. The Labute approximate surface area is 139 Å². The van der Waals surface area contributed by atoms with E-state index in [1.54, 1.807) is 14.2 Å². The second-order valence-corrected chi connectivity index (χ2v) is 5.98. The Bertz CT molecular complexity index is 488. The molecule has 128 valence electrons. The molecule has 0 radical (unpaired) electrons. The van der Waals surface area contributed by atoms with Crippen molar-refractivity contribution in [3.05, 3.63) is 35.4 Å². The van der Waals surface area contributed by atoms with Crippen LogP contribution < -0.4 is 5.32 Å². The van der Waals surface area contributed by atoms with E-state index in [0.717, 1.165) is 32.2 Å². The average molecular weight is 319 g/mol. The van der Waals surface area contributed by atoms with E-state index in [1.807, 2.05) is 0 Å². The summed E-state index contributed by atoms with van der Waals surface area (Å²) in [6, 6.07) is 8.45. The molecule has 1 unspecified atom stereocenters. The summed E-state index contributed by atoms with van der Waals surface area (Å²) in [6.07, 6.45) is 1.17. The number of hydrogen-bond acceptors (Lipinski definition) is 3. The van der Waals surface area contributed by atoms with Gasteiger partial charge >= 0.3 is 0 Å². The zero-order chi connectivity index (χ0) is 16.5. The summed E-state index contributed by atoms with van der Waals surface area (Å²) in [5, 5.41) is 3.40. The fourth-order valence-electron chi connectivity index (χ4n) is 2.90.